The molecule has 1 N–H and O–H groups in total. The average Bonchev–Trinajstić information content (AvgIpc) is 2.72. The van der Waals surface area contributed by atoms with Crippen LogP contribution >= 0.6 is 0 Å². The Bertz CT molecular complexity index is 534. The van der Waals surface area contributed by atoms with Gasteiger partial charge in [-0.05, 0) is 30.9 Å². The topological polar surface area (TPSA) is 67.5 Å². The molecule has 0 spiro atoms. The molecule has 2 aliphatic rings. The molecule has 1 saturated carbocycles. The fraction of sp³-hybridized carbons (Fsp3) is 0.308. The van der Waals surface area contributed by atoms with Crippen molar-refractivity contribution in [1.82, 2.24) is 0 Å². The second-order valence-corrected chi connectivity index (χ2v) is 4.66. The SMILES string of the molecule is O=[N+]([O-])c1ccc(N/N=C2\C[C@H]3C=CC[C@H]23)cc1. The molecule has 3 rings (SSSR count). The maximum atomic E-state index is 10.5. The van der Waals surface area contributed by atoms with Gasteiger partial charge in [-0.2, -0.15) is 5.10 Å². The number of rotatable bonds is 3. The monoisotopic (exact) mass is 243 g/mol. The van der Waals surface area contributed by atoms with Crippen molar-refractivity contribution in [2.24, 2.45) is 16.9 Å². The lowest BCUT2D eigenvalue weighted by Crippen LogP contribution is -2.33. The van der Waals surface area contributed by atoms with Crippen molar-refractivity contribution in [1.29, 1.82) is 0 Å². The van der Waals surface area contributed by atoms with Crippen molar-refractivity contribution < 1.29 is 4.92 Å². The van der Waals surface area contributed by atoms with Gasteiger partial charge in [-0.15, -0.1) is 0 Å². The number of anilines is 1. The number of fused-ring (bicyclic) bond motifs is 1. The molecule has 5 nitrogen and oxygen atoms in total. The van der Waals surface area contributed by atoms with Crippen LogP contribution in [0.1, 0.15) is 12.8 Å². The third-order valence-electron chi connectivity index (χ3n) is 3.57. The van der Waals surface area contributed by atoms with E-state index in [2.05, 4.69) is 22.7 Å². The van der Waals surface area contributed by atoms with Crippen molar-refractivity contribution in [3.8, 4) is 0 Å². The minimum Gasteiger partial charge on any atom is -0.279 e. The minimum atomic E-state index is -0.406. The normalized spacial score (nSPS) is 26.8. The Balaban J connectivity index is 1.63. The predicted molar refractivity (Wildman–Crippen MR) is 69.5 cm³/mol. The van der Waals surface area contributed by atoms with E-state index in [4.69, 9.17) is 0 Å². The maximum Gasteiger partial charge on any atom is 0.269 e. The van der Waals surface area contributed by atoms with Gasteiger partial charge >= 0.3 is 0 Å². The van der Waals surface area contributed by atoms with Gasteiger partial charge in [-0.1, -0.05) is 12.2 Å². The van der Waals surface area contributed by atoms with Crippen molar-refractivity contribution in [3.05, 3.63) is 46.5 Å². The number of nitrogens with zero attached hydrogens (tertiary/aromatic N) is 2. The van der Waals surface area contributed by atoms with E-state index in [-0.39, 0.29) is 5.69 Å². The van der Waals surface area contributed by atoms with Crippen molar-refractivity contribution in [3.63, 3.8) is 0 Å². The molecule has 1 aromatic carbocycles. The molecule has 1 fully saturated rings. The van der Waals surface area contributed by atoms with Gasteiger partial charge in [0.1, 0.15) is 0 Å². The molecule has 0 aromatic heterocycles. The van der Waals surface area contributed by atoms with Gasteiger partial charge in [0.15, 0.2) is 0 Å². The van der Waals surface area contributed by atoms with Crippen LogP contribution < -0.4 is 5.43 Å². The lowest BCUT2D eigenvalue weighted by atomic mass is 9.74. The number of nitrogens with one attached hydrogen (secondary N) is 1. The standard InChI is InChI=1S/C13H13N3O2/c17-16(18)11-6-4-10(5-7-11)14-15-13-8-9-2-1-3-12(9)13/h1-2,4-7,9,12,14H,3,8H2/b15-13+/t9-,12+/m1/s1. The first kappa shape index (κ1) is 11.0. The van der Waals surface area contributed by atoms with E-state index in [0.717, 1.165) is 18.5 Å². The van der Waals surface area contributed by atoms with Crippen LogP contribution in [0.2, 0.25) is 0 Å². The summed E-state index contributed by atoms with van der Waals surface area (Å²) >= 11 is 0. The molecule has 0 aliphatic heterocycles. The summed E-state index contributed by atoms with van der Waals surface area (Å²) in [6.07, 6.45) is 6.59. The smallest absolute Gasteiger partial charge is 0.269 e. The molecule has 0 radical (unpaired) electrons. The number of allylic oxidation sites excluding steroid dienone is 2. The van der Waals surface area contributed by atoms with Crippen LogP contribution in [-0.4, -0.2) is 10.6 Å². The van der Waals surface area contributed by atoms with Gasteiger partial charge in [0.25, 0.3) is 5.69 Å². The summed E-state index contributed by atoms with van der Waals surface area (Å²) < 4.78 is 0. The highest BCUT2D eigenvalue weighted by molar-refractivity contribution is 5.94. The van der Waals surface area contributed by atoms with Crippen LogP contribution in [0, 0.1) is 22.0 Å². The van der Waals surface area contributed by atoms with Crippen LogP contribution in [0.25, 0.3) is 0 Å². The highest BCUT2D eigenvalue weighted by atomic mass is 16.6. The first-order valence-electron chi connectivity index (χ1n) is 5.97. The summed E-state index contributed by atoms with van der Waals surface area (Å²) in [5.41, 5.74) is 5.03. The summed E-state index contributed by atoms with van der Waals surface area (Å²) in [6.45, 7) is 0. The molecule has 18 heavy (non-hydrogen) atoms. The highest BCUT2D eigenvalue weighted by Crippen LogP contribution is 2.40. The third-order valence-corrected chi connectivity index (χ3v) is 3.57. The Kier molecular flexibility index (Phi) is 2.59. The summed E-state index contributed by atoms with van der Waals surface area (Å²) in [7, 11) is 0. The van der Waals surface area contributed by atoms with E-state index in [1.165, 1.54) is 17.8 Å². The zero-order chi connectivity index (χ0) is 12.5. The van der Waals surface area contributed by atoms with Crippen molar-refractivity contribution in [2.45, 2.75) is 12.8 Å². The average molecular weight is 243 g/mol. The Morgan fingerprint density at radius 3 is 2.78 bits per heavy atom. The van der Waals surface area contributed by atoms with E-state index in [1.807, 2.05) is 0 Å². The van der Waals surface area contributed by atoms with Gasteiger partial charge in [0.05, 0.1) is 10.6 Å². The van der Waals surface area contributed by atoms with E-state index in [0.29, 0.717) is 11.8 Å². The lowest BCUT2D eigenvalue weighted by molar-refractivity contribution is -0.384. The zero-order valence-electron chi connectivity index (χ0n) is 9.74. The molecule has 0 unspecified atom stereocenters. The molecule has 5 heteroatoms. The van der Waals surface area contributed by atoms with Crippen molar-refractivity contribution in [2.75, 3.05) is 5.43 Å². The van der Waals surface area contributed by atoms with E-state index in [1.54, 1.807) is 12.1 Å². The van der Waals surface area contributed by atoms with Gasteiger partial charge in [-0.25, -0.2) is 0 Å². The molecule has 0 saturated heterocycles. The number of hydrazone groups is 1. The molecule has 0 heterocycles. The van der Waals surface area contributed by atoms with E-state index in [9.17, 15) is 10.1 Å². The van der Waals surface area contributed by atoms with E-state index < -0.39 is 4.92 Å². The summed E-state index contributed by atoms with van der Waals surface area (Å²) in [6, 6.07) is 6.29. The van der Waals surface area contributed by atoms with Gasteiger partial charge < -0.3 is 0 Å². The van der Waals surface area contributed by atoms with Crippen molar-refractivity contribution >= 4 is 17.1 Å². The van der Waals surface area contributed by atoms with Crippen LogP contribution in [0.4, 0.5) is 11.4 Å². The van der Waals surface area contributed by atoms with E-state index >= 15 is 0 Å². The number of non-ortho nitro benzene ring substituents is 1. The quantitative estimate of drug-likeness (QED) is 0.504. The Morgan fingerprint density at radius 2 is 2.11 bits per heavy atom. The fourth-order valence-corrected chi connectivity index (χ4v) is 2.46. The Labute approximate surface area is 104 Å². The number of hydrogen-bond acceptors (Lipinski definition) is 4. The zero-order valence-corrected chi connectivity index (χ0v) is 9.74. The molecule has 92 valence electrons. The molecular weight excluding hydrogens is 230 g/mol. The van der Waals surface area contributed by atoms with Crippen LogP contribution in [0.15, 0.2) is 41.5 Å². The summed E-state index contributed by atoms with van der Waals surface area (Å²) in [5, 5.41) is 14.9. The second-order valence-electron chi connectivity index (χ2n) is 4.66. The molecular formula is C13H13N3O2. The predicted octanol–water partition coefficient (Wildman–Crippen LogP) is 2.96. The molecule has 1 aromatic rings. The maximum absolute atomic E-state index is 10.5. The van der Waals surface area contributed by atoms with Crippen LogP contribution in [-0.2, 0) is 0 Å². The number of benzene rings is 1. The van der Waals surface area contributed by atoms with Gasteiger partial charge in [-0.3, -0.25) is 15.5 Å². The Hall–Kier alpha value is -2.17. The largest absolute Gasteiger partial charge is 0.279 e. The van der Waals surface area contributed by atoms with Crippen LogP contribution in [0.3, 0.4) is 0 Å². The molecule has 2 aliphatic carbocycles. The molecule has 0 bridgehead atoms. The summed E-state index contributed by atoms with van der Waals surface area (Å²) in [4.78, 5) is 10.1. The first-order valence-corrected chi connectivity index (χ1v) is 5.97. The molecule has 0 amide bonds. The first-order chi connectivity index (χ1) is 8.74. The summed E-state index contributed by atoms with van der Waals surface area (Å²) in [5.74, 6) is 1.26. The third kappa shape index (κ3) is 1.88. The second kappa shape index (κ2) is 4.25. The fourth-order valence-electron chi connectivity index (χ4n) is 2.46. The number of nitro groups is 1. The van der Waals surface area contributed by atoms with Gasteiger partial charge in [0, 0.05) is 23.8 Å². The lowest BCUT2D eigenvalue weighted by Gasteiger charge is -2.31. The highest BCUT2D eigenvalue weighted by Gasteiger charge is 2.37. The number of nitro benzene ring substituents is 1. The number of hydrogen-bond donors (Lipinski definition) is 1. The minimum absolute atomic E-state index is 0.0944. The molecule has 2 atom stereocenters. The van der Waals surface area contributed by atoms with Gasteiger partial charge in [0.2, 0.25) is 0 Å². The Morgan fingerprint density at radius 1 is 1.33 bits per heavy atom. The van der Waals surface area contributed by atoms with Crippen LogP contribution in [0.5, 0.6) is 0 Å².